The highest BCUT2D eigenvalue weighted by Gasteiger charge is 2.22. The fraction of sp³-hybridized carbons (Fsp3) is 0.643. The zero-order valence-corrected chi connectivity index (χ0v) is 13.6. The van der Waals surface area contributed by atoms with Gasteiger partial charge in [-0.05, 0) is 42.7 Å². The van der Waals surface area contributed by atoms with Gasteiger partial charge in [0.05, 0.1) is 6.04 Å². The summed E-state index contributed by atoms with van der Waals surface area (Å²) >= 11 is 1.78. The highest BCUT2D eigenvalue weighted by atomic mass is 32.2. The van der Waals surface area contributed by atoms with Gasteiger partial charge in [0, 0.05) is 33.7 Å². The molecule has 2 N–H and O–H groups in total. The Morgan fingerprint density at radius 1 is 1.60 bits per heavy atom. The van der Waals surface area contributed by atoms with Gasteiger partial charge >= 0.3 is 6.03 Å². The van der Waals surface area contributed by atoms with Gasteiger partial charge in [-0.25, -0.2) is 4.79 Å². The standard InChI is InChI=1S/C14H22N2O2S2/c1-10(20(2)18)6-8-15-14(17)16-12-4-3-5-13-11(12)7-9-19-13/h7,9-10,12H,3-6,8H2,1-2H3,(H2,15,16,17). The first kappa shape index (κ1) is 15.5. The van der Waals surface area contributed by atoms with Gasteiger partial charge in [-0.1, -0.05) is 6.92 Å². The lowest BCUT2D eigenvalue weighted by molar-refractivity contribution is 0.235. The lowest BCUT2D eigenvalue weighted by atomic mass is 9.94. The summed E-state index contributed by atoms with van der Waals surface area (Å²) in [6, 6.07) is 2.14. The van der Waals surface area contributed by atoms with Gasteiger partial charge in [0.15, 0.2) is 0 Å². The summed E-state index contributed by atoms with van der Waals surface area (Å²) in [5.41, 5.74) is 1.28. The van der Waals surface area contributed by atoms with Crippen LogP contribution in [-0.4, -0.2) is 28.3 Å². The van der Waals surface area contributed by atoms with E-state index in [2.05, 4.69) is 22.1 Å². The maximum Gasteiger partial charge on any atom is 0.315 e. The predicted molar refractivity (Wildman–Crippen MR) is 84.7 cm³/mol. The lowest BCUT2D eigenvalue weighted by Gasteiger charge is -2.24. The fourth-order valence-electron chi connectivity index (χ4n) is 2.40. The Morgan fingerprint density at radius 2 is 2.40 bits per heavy atom. The smallest absolute Gasteiger partial charge is 0.315 e. The summed E-state index contributed by atoms with van der Waals surface area (Å²) in [6.45, 7) is 2.50. The number of aryl methyl sites for hydroxylation is 1. The molecule has 0 saturated carbocycles. The van der Waals surface area contributed by atoms with Crippen molar-refractivity contribution in [2.24, 2.45) is 0 Å². The highest BCUT2D eigenvalue weighted by Crippen LogP contribution is 2.33. The van der Waals surface area contributed by atoms with Crippen LogP contribution in [0.5, 0.6) is 0 Å². The molecular weight excluding hydrogens is 292 g/mol. The van der Waals surface area contributed by atoms with Gasteiger partial charge in [-0.3, -0.25) is 4.21 Å². The molecule has 2 amide bonds. The number of hydrogen-bond acceptors (Lipinski definition) is 3. The summed E-state index contributed by atoms with van der Waals surface area (Å²) in [7, 11) is -0.826. The van der Waals surface area contributed by atoms with Gasteiger partial charge in [0.2, 0.25) is 0 Å². The van der Waals surface area contributed by atoms with E-state index < -0.39 is 10.8 Å². The molecule has 3 atom stereocenters. The lowest BCUT2D eigenvalue weighted by Crippen LogP contribution is -2.39. The Bertz CT molecular complexity index is 487. The maximum absolute atomic E-state index is 11.9. The van der Waals surface area contributed by atoms with E-state index in [0.29, 0.717) is 6.54 Å². The molecule has 0 spiro atoms. The molecule has 1 heterocycles. The number of hydrogen-bond donors (Lipinski definition) is 2. The minimum Gasteiger partial charge on any atom is -0.338 e. The van der Waals surface area contributed by atoms with Gasteiger partial charge in [0.25, 0.3) is 0 Å². The van der Waals surface area contributed by atoms with Gasteiger partial charge < -0.3 is 10.6 Å². The van der Waals surface area contributed by atoms with Crippen molar-refractivity contribution in [2.75, 3.05) is 12.8 Å². The third-order valence-corrected chi connectivity index (χ3v) is 6.13. The SMILES string of the molecule is CC(CCNC(=O)NC1CCCc2sccc21)S(C)=O. The molecule has 112 valence electrons. The van der Waals surface area contributed by atoms with Crippen LogP contribution in [-0.2, 0) is 17.2 Å². The van der Waals surface area contributed by atoms with Crippen LogP contribution in [0, 0.1) is 0 Å². The number of fused-ring (bicyclic) bond motifs is 1. The van der Waals surface area contributed by atoms with E-state index in [1.54, 1.807) is 17.6 Å². The molecule has 4 nitrogen and oxygen atoms in total. The van der Waals surface area contributed by atoms with Crippen LogP contribution in [0.2, 0.25) is 0 Å². The second-order valence-corrected chi connectivity index (χ2v) is 8.04. The average Bonchev–Trinajstić information content (AvgIpc) is 2.87. The molecule has 0 fully saturated rings. The molecule has 1 aromatic rings. The maximum atomic E-state index is 11.9. The van der Waals surface area contributed by atoms with E-state index in [-0.39, 0.29) is 17.3 Å². The van der Waals surface area contributed by atoms with Crippen molar-refractivity contribution in [1.82, 2.24) is 10.6 Å². The van der Waals surface area contributed by atoms with Crippen molar-refractivity contribution >= 4 is 28.2 Å². The highest BCUT2D eigenvalue weighted by molar-refractivity contribution is 7.84. The number of rotatable bonds is 5. The Balaban J connectivity index is 1.77. The van der Waals surface area contributed by atoms with E-state index in [0.717, 1.165) is 25.7 Å². The van der Waals surface area contributed by atoms with Crippen LogP contribution < -0.4 is 10.6 Å². The van der Waals surface area contributed by atoms with Gasteiger partial charge in [-0.15, -0.1) is 11.3 Å². The zero-order valence-electron chi connectivity index (χ0n) is 12.0. The first-order valence-corrected chi connectivity index (χ1v) is 9.51. The van der Waals surface area contributed by atoms with E-state index in [1.165, 1.54) is 10.4 Å². The predicted octanol–water partition coefficient (Wildman–Crippen LogP) is 2.58. The van der Waals surface area contributed by atoms with Crippen molar-refractivity contribution in [1.29, 1.82) is 0 Å². The third-order valence-electron chi connectivity index (χ3n) is 3.76. The molecule has 6 heteroatoms. The topological polar surface area (TPSA) is 58.2 Å². The zero-order chi connectivity index (χ0) is 14.5. The van der Waals surface area contributed by atoms with Crippen molar-refractivity contribution in [2.45, 2.75) is 43.9 Å². The summed E-state index contributed by atoms with van der Waals surface area (Å²) in [5.74, 6) is 0. The number of carbonyl (C=O) groups excluding carboxylic acids is 1. The normalized spacial score (nSPS) is 20.8. The van der Waals surface area contributed by atoms with Crippen LogP contribution in [0.15, 0.2) is 11.4 Å². The Hall–Kier alpha value is -0.880. The average molecular weight is 314 g/mol. The Kier molecular flexibility index (Phi) is 5.60. The van der Waals surface area contributed by atoms with Crippen LogP contribution in [0.3, 0.4) is 0 Å². The minimum absolute atomic E-state index is 0.119. The van der Waals surface area contributed by atoms with E-state index in [1.807, 2.05) is 6.92 Å². The summed E-state index contributed by atoms with van der Waals surface area (Å²) in [4.78, 5) is 13.3. The molecule has 2 rings (SSSR count). The molecule has 1 aliphatic rings. The second-order valence-electron chi connectivity index (χ2n) is 5.24. The molecular formula is C14H22N2O2S2. The van der Waals surface area contributed by atoms with Crippen molar-refractivity contribution in [3.8, 4) is 0 Å². The van der Waals surface area contributed by atoms with Crippen molar-refractivity contribution in [3.63, 3.8) is 0 Å². The van der Waals surface area contributed by atoms with Crippen LogP contribution >= 0.6 is 11.3 Å². The number of amides is 2. The molecule has 0 aliphatic heterocycles. The Labute approximate surface area is 126 Å². The number of urea groups is 1. The fourth-order valence-corrected chi connectivity index (χ4v) is 3.84. The first-order chi connectivity index (χ1) is 9.58. The largest absolute Gasteiger partial charge is 0.338 e. The van der Waals surface area contributed by atoms with E-state index in [9.17, 15) is 9.00 Å². The molecule has 1 aliphatic carbocycles. The molecule has 3 unspecified atom stereocenters. The van der Waals surface area contributed by atoms with Gasteiger partial charge in [0.1, 0.15) is 0 Å². The van der Waals surface area contributed by atoms with E-state index in [4.69, 9.17) is 0 Å². The molecule has 0 saturated heterocycles. The summed E-state index contributed by atoms with van der Waals surface area (Å²) in [5, 5.41) is 8.12. The van der Waals surface area contributed by atoms with Gasteiger partial charge in [-0.2, -0.15) is 0 Å². The molecule has 0 bridgehead atoms. The van der Waals surface area contributed by atoms with Crippen LogP contribution in [0.4, 0.5) is 4.79 Å². The van der Waals surface area contributed by atoms with Crippen LogP contribution in [0.25, 0.3) is 0 Å². The van der Waals surface area contributed by atoms with E-state index >= 15 is 0 Å². The second kappa shape index (κ2) is 7.22. The Morgan fingerprint density at radius 3 is 3.15 bits per heavy atom. The monoisotopic (exact) mass is 314 g/mol. The first-order valence-electron chi connectivity index (χ1n) is 7.00. The van der Waals surface area contributed by atoms with Crippen molar-refractivity contribution < 1.29 is 9.00 Å². The molecule has 1 aromatic heterocycles. The van der Waals surface area contributed by atoms with Crippen LogP contribution in [0.1, 0.15) is 42.7 Å². The number of nitrogens with one attached hydrogen (secondary N) is 2. The minimum atomic E-state index is -0.826. The molecule has 20 heavy (non-hydrogen) atoms. The number of thiophene rings is 1. The van der Waals surface area contributed by atoms with Crippen molar-refractivity contribution in [3.05, 3.63) is 21.9 Å². The summed E-state index contributed by atoms with van der Waals surface area (Å²) < 4.78 is 11.2. The molecule has 0 radical (unpaired) electrons. The quantitative estimate of drug-likeness (QED) is 0.877. The molecule has 0 aromatic carbocycles. The third kappa shape index (κ3) is 4.06. The summed E-state index contributed by atoms with van der Waals surface area (Å²) in [6.07, 6.45) is 5.71. The number of carbonyl (C=O) groups is 1.